The number of aliphatic hydroxyl groups excluding tert-OH is 1. The maximum absolute atomic E-state index is 11.3. The van der Waals surface area contributed by atoms with Crippen LogP contribution in [-0.4, -0.2) is 22.1 Å². The number of allylic oxidation sites excluding steroid dienone is 8. The number of aryl methyl sites for hydroxylation is 1. The third-order valence-electron chi connectivity index (χ3n) is 12.7. The van der Waals surface area contributed by atoms with Crippen LogP contribution in [0.4, 0.5) is 11.6 Å². The lowest BCUT2D eigenvalue weighted by Gasteiger charge is -2.52. The van der Waals surface area contributed by atoms with E-state index in [1.165, 1.54) is 39.9 Å². The number of furan rings is 1. The lowest BCUT2D eigenvalue weighted by Crippen LogP contribution is -2.53. The summed E-state index contributed by atoms with van der Waals surface area (Å²) in [5, 5.41) is 11.3. The fourth-order valence-corrected chi connectivity index (χ4v) is 9.97. The largest absolute Gasteiger partial charge is 0.508 e. The SMILES string of the molecule is Cc1cc(N2c3ccc(-c4cccc(CN5C(c6ccccc6)CC5C5C=CC=CC5)c4)cc3C3C=CC=CC32)oc1C1=C(c2ccccc2)C(O)=C[C@H](C)C1. The molecule has 10 rings (SSSR count). The molecule has 1 saturated heterocycles. The van der Waals surface area contributed by atoms with Crippen LogP contribution in [0.3, 0.4) is 0 Å². The number of benzene rings is 4. The zero-order chi connectivity index (χ0) is 37.8. The van der Waals surface area contributed by atoms with Crippen molar-refractivity contribution in [3.05, 3.63) is 203 Å². The monoisotopic (exact) mass is 732 g/mol. The van der Waals surface area contributed by atoms with Gasteiger partial charge in [-0.1, -0.05) is 140 Å². The van der Waals surface area contributed by atoms with E-state index in [0.29, 0.717) is 23.8 Å². The van der Waals surface area contributed by atoms with Crippen molar-refractivity contribution >= 4 is 22.7 Å². The molecule has 0 bridgehead atoms. The van der Waals surface area contributed by atoms with Crippen LogP contribution in [0.1, 0.15) is 71.7 Å². The van der Waals surface area contributed by atoms with E-state index in [-0.39, 0.29) is 17.9 Å². The van der Waals surface area contributed by atoms with Gasteiger partial charge in [-0.3, -0.25) is 4.90 Å². The number of nitrogens with zero attached hydrogens (tertiary/aromatic N) is 2. The molecule has 2 aliphatic heterocycles. The van der Waals surface area contributed by atoms with Gasteiger partial charge in [0.25, 0.3) is 0 Å². The van der Waals surface area contributed by atoms with Crippen LogP contribution in [0.25, 0.3) is 22.3 Å². The van der Waals surface area contributed by atoms with Gasteiger partial charge in [0, 0.05) is 47.4 Å². The van der Waals surface area contributed by atoms with Crippen LogP contribution < -0.4 is 4.90 Å². The first-order valence-corrected chi connectivity index (χ1v) is 20.3. The second-order valence-electron chi connectivity index (χ2n) is 16.3. The van der Waals surface area contributed by atoms with Gasteiger partial charge in [-0.25, -0.2) is 0 Å². The van der Waals surface area contributed by atoms with Gasteiger partial charge in [0.1, 0.15) is 11.5 Å². The first kappa shape index (κ1) is 34.6. The normalized spacial score (nSPS) is 25.2. The Kier molecular flexibility index (Phi) is 8.87. The highest BCUT2D eigenvalue weighted by Crippen LogP contribution is 2.51. The average Bonchev–Trinajstić information content (AvgIpc) is 3.77. The van der Waals surface area contributed by atoms with Gasteiger partial charge < -0.3 is 14.4 Å². The van der Waals surface area contributed by atoms with Crippen LogP contribution in [-0.2, 0) is 6.54 Å². The number of rotatable bonds is 8. The second-order valence-corrected chi connectivity index (χ2v) is 16.3. The Morgan fingerprint density at radius 3 is 2.36 bits per heavy atom. The summed E-state index contributed by atoms with van der Waals surface area (Å²) in [5.74, 6) is 2.98. The third-order valence-corrected chi connectivity index (χ3v) is 12.7. The number of anilines is 2. The Morgan fingerprint density at radius 2 is 1.54 bits per heavy atom. The Hall–Kier alpha value is -5.84. The number of likely N-dealkylation sites (tertiary alicyclic amines) is 1. The number of fused-ring (bicyclic) bond motifs is 3. The smallest absolute Gasteiger partial charge is 0.201 e. The van der Waals surface area contributed by atoms with Gasteiger partial charge >= 0.3 is 0 Å². The van der Waals surface area contributed by atoms with Crippen molar-refractivity contribution in [1.29, 1.82) is 0 Å². The number of hydrogen-bond donors (Lipinski definition) is 1. The van der Waals surface area contributed by atoms with Crippen LogP contribution >= 0.6 is 0 Å². The molecule has 4 heteroatoms. The fourth-order valence-electron chi connectivity index (χ4n) is 9.97. The van der Waals surface area contributed by atoms with Crippen molar-refractivity contribution < 1.29 is 9.52 Å². The minimum absolute atomic E-state index is 0.109. The summed E-state index contributed by atoms with van der Waals surface area (Å²) >= 11 is 0. The van der Waals surface area contributed by atoms with E-state index in [4.69, 9.17) is 4.42 Å². The highest BCUT2D eigenvalue weighted by Gasteiger charge is 2.43. The van der Waals surface area contributed by atoms with Crippen LogP contribution in [0.5, 0.6) is 0 Å². The molecule has 1 aromatic heterocycles. The van der Waals surface area contributed by atoms with E-state index in [9.17, 15) is 5.11 Å². The topological polar surface area (TPSA) is 39.9 Å². The molecule has 1 fully saturated rings. The van der Waals surface area contributed by atoms with Crippen LogP contribution in [0.15, 0.2) is 174 Å². The van der Waals surface area contributed by atoms with Gasteiger partial charge in [-0.05, 0) is 101 Å². The molecule has 5 unspecified atom stereocenters. The average molecular weight is 733 g/mol. The highest BCUT2D eigenvalue weighted by atomic mass is 16.4. The van der Waals surface area contributed by atoms with Gasteiger partial charge in [0.05, 0.1) is 6.04 Å². The predicted octanol–water partition coefficient (Wildman–Crippen LogP) is 12.8. The molecule has 1 N–H and O–H groups in total. The molecule has 3 heterocycles. The Bertz CT molecular complexity index is 2460. The standard InChI is InChI=1S/C52H48N2O2/c1-34-27-44(51(49(55)28-34)39-20-10-5-11-21-39)52-35(2)29-50(56-52)54-45-24-13-12-23-42(45)43-31-41(25-26-46(43)54)40-22-14-15-36(30-40)33-53-47(37-16-6-3-7-17-37)32-48(53)38-18-8-4-9-19-38/h3-18,20-26,28-31,34,38,42,45,47-48,55H,19,27,32-33H2,1-2H3/t34-,38?,42?,45?,47?,48?/m1/s1. The van der Waals surface area contributed by atoms with E-state index in [2.05, 4.69) is 163 Å². The Balaban J connectivity index is 0.973. The quantitative estimate of drug-likeness (QED) is 0.172. The molecule has 0 amide bonds. The van der Waals surface area contributed by atoms with E-state index in [0.717, 1.165) is 53.3 Å². The third kappa shape index (κ3) is 6.13. The molecule has 0 saturated carbocycles. The maximum Gasteiger partial charge on any atom is 0.201 e. The lowest BCUT2D eigenvalue weighted by atomic mass is 9.77. The molecular weight excluding hydrogens is 685 g/mol. The van der Waals surface area contributed by atoms with Crippen molar-refractivity contribution in [3.8, 4) is 11.1 Å². The summed E-state index contributed by atoms with van der Waals surface area (Å²) in [5.41, 5.74) is 11.8. The summed E-state index contributed by atoms with van der Waals surface area (Å²) in [6, 6.07) is 40.7. The summed E-state index contributed by atoms with van der Waals surface area (Å²) < 4.78 is 6.93. The maximum atomic E-state index is 11.3. The summed E-state index contributed by atoms with van der Waals surface area (Å²) in [7, 11) is 0. The van der Waals surface area contributed by atoms with Crippen molar-refractivity contribution in [2.75, 3.05) is 4.90 Å². The van der Waals surface area contributed by atoms with Crippen molar-refractivity contribution in [3.63, 3.8) is 0 Å². The van der Waals surface area contributed by atoms with E-state index < -0.39 is 0 Å². The van der Waals surface area contributed by atoms with E-state index in [1.807, 2.05) is 24.3 Å². The molecule has 3 aliphatic carbocycles. The molecule has 4 aromatic carbocycles. The van der Waals surface area contributed by atoms with Crippen LogP contribution in [0, 0.1) is 18.8 Å². The Morgan fingerprint density at radius 1 is 0.768 bits per heavy atom. The summed E-state index contributed by atoms with van der Waals surface area (Å²) in [4.78, 5) is 5.11. The van der Waals surface area contributed by atoms with Crippen LogP contribution in [0.2, 0.25) is 0 Å². The van der Waals surface area contributed by atoms with E-state index >= 15 is 0 Å². The summed E-state index contributed by atoms with van der Waals surface area (Å²) in [6.07, 6.45) is 23.2. The molecule has 5 aromatic rings. The molecule has 0 spiro atoms. The lowest BCUT2D eigenvalue weighted by molar-refractivity contribution is -0.0183. The van der Waals surface area contributed by atoms with Gasteiger partial charge in [0.15, 0.2) is 0 Å². The molecule has 4 nitrogen and oxygen atoms in total. The fraction of sp³-hybridized carbons (Fsp3) is 0.231. The molecule has 56 heavy (non-hydrogen) atoms. The first-order valence-electron chi connectivity index (χ1n) is 20.3. The minimum atomic E-state index is 0.109. The Labute approximate surface area is 330 Å². The molecule has 278 valence electrons. The summed E-state index contributed by atoms with van der Waals surface area (Å²) in [6.45, 7) is 5.21. The molecule has 0 radical (unpaired) electrons. The highest BCUT2D eigenvalue weighted by molar-refractivity contribution is 5.98. The second kappa shape index (κ2) is 14.3. The van der Waals surface area contributed by atoms with Crippen molar-refractivity contribution in [2.45, 2.75) is 63.7 Å². The molecule has 6 atom stereocenters. The van der Waals surface area contributed by atoms with Gasteiger partial charge in [-0.15, -0.1) is 0 Å². The van der Waals surface area contributed by atoms with Crippen molar-refractivity contribution in [1.82, 2.24) is 4.90 Å². The minimum Gasteiger partial charge on any atom is -0.508 e. The van der Waals surface area contributed by atoms with Gasteiger partial charge in [-0.2, -0.15) is 0 Å². The molecule has 5 aliphatic rings. The van der Waals surface area contributed by atoms with Gasteiger partial charge in [0.2, 0.25) is 5.88 Å². The van der Waals surface area contributed by atoms with E-state index in [1.54, 1.807) is 0 Å². The number of aliphatic hydroxyl groups is 1. The molecular formula is C52H48N2O2. The number of hydrogen-bond acceptors (Lipinski definition) is 4. The zero-order valence-corrected chi connectivity index (χ0v) is 32.1. The zero-order valence-electron chi connectivity index (χ0n) is 32.1. The predicted molar refractivity (Wildman–Crippen MR) is 230 cm³/mol. The van der Waals surface area contributed by atoms with Crippen molar-refractivity contribution in [2.24, 2.45) is 11.8 Å². The first-order chi connectivity index (χ1) is 27.5.